The fraction of sp³-hybridized carbons (Fsp3) is 0.435. The van der Waals surface area contributed by atoms with Gasteiger partial charge in [0.15, 0.2) is 0 Å². The number of fused-ring (bicyclic) bond motifs is 1. The predicted molar refractivity (Wildman–Crippen MR) is 129 cm³/mol. The summed E-state index contributed by atoms with van der Waals surface area (Å²) in [4.78, 5) is 29.0. The summed E-state index contributed by atoms with van der Waals surface area (Å²) in [7, 11) is 3.94. The minimum atomic E-state index is -0.0272. The second-order valence-corrected chi connectivity index (χ2v) is 8.57. The number of pyridine rings is 1. The van der Waals surface area contributed by atoms with Gasteiger partial charge in [-0.25, -0.2) is 4.98 Å². The number of nitrogens with zero attached hydrogens (tertiary/aromatic N) is 6. The van der Waals surface area contributed by atoms with E-state index in [1.54, 1.807) is 17.8 Å². The number of nitrogens with one attached hydrogen (secondary N) is 2. The van der Waals surface area contributed by atoms with Crippen LogP contribution in [0.3, 0.4) is 0 Å². The van der Waals surface area contributed by atoms with Gasteiger partial charge in [0.2, 0.25) is 5.95 Å². The van der Waals surface area contributed by atoms with Crippen molar-refractivity contribution in [1.82, 2.24) is 24.8 Å². The van der Waals surface area contributed by atoms with E-state index in [-0.39, 0.29) is 5.56 Å². The van der Waals surface area contributed by atoms with Crippen molar-refractivity contribution in [2.24, 2.45) is 7.05 Å². The third kappa shape index (κ3) is 4.13. The zero-order valence-electron chi connectivity index (χ0n) is 18.7. The molecule has 0 saturated carbocycles. The number of aryl methyl sites for hydroxylation is 1. The topological polar surface area (TPSA) is 81.6 Å². The number of hydrogen-bond acceptors (Lipinski definition) is 8. The fourth-order valence-electron chi connectivity index (χ4n) is 4.37. The second kappa shape index (κ2) is 8.76. The molecule has 0 amide bonds. The van der Waals surface area contributed by atoms with Crippen LogP contribution in [0.4, 0.5) is 23.0 Å². The smallest absolute Gasteiger partial charge is 0.275 e. The Balaban J connectivity index is 1.36. The van der Waals surface area contributed by atoms with Crippen LogP contribution in [0.2, 0.25) is 0 Å². The normalized spacial score (nSPS) is 17.7. The number of rotatable bonds is 4. The van der Waals surface area contributed by atoms with Crippen LogP contribution in [-0.2, 0) is 7.05 Å². The molecule has 0 radical (unpaired) electrons. The van der Waals surface area contributed by atoms with E-state index in [4.69, 9.17) is 0 Å². The molecule has 2 aliphatic rings. The van der Waals surface area contributed by atoms with Crippen LogP contribution < -0.4 is 26.0 Å². The molecule has 2 N–H and O–H groups in total. The number of aromatic nitrogens is 3. The van der Waals surface area contributed by atoms with Crippen molar-refractivity contribution in [3.63, 3.8) is 0 Å². The first-order valence-electron chi connectivity index (χ1n) is 11.2. The van der Waals surface area contributed by atoms with Gasteiger partial charge in [-0.05, 0) is 37.4 Å². The van der Waals surface area contributed by atoms with Crippen molar-refractivity contribution in [1.29, 1.82) is 0 Å². The van der Waals surface area contributed by atoms with Gasteiger partial charge < -0.3 is 25.3 Å². The largest absolute Gasteiger partial charge is 0.369 e. The molecule has 0 bridgehead atoms. The van der Waals surface area contributed by atoms with Gasteiger partial charge in [-0.15, -0.1) is 0 Å². The number of likely N-dealkylation sites (N-methyl/N-ethyl adjacent to an activating group) is 1. The quantitative estimate of drug-likeness (QED) is 0.635. The molecule has 0 atom stereocenters. The van der Waals surface area contributed by atoms with Crippen molar-refractivity contribution < 1.29 is 0 Å². The minimum Gasteiger partial charge on any atom is -0.369 e. The molecular formula is C23H30N8O. The van der Waals surface area contributed by atoms with Crippen LogP contribution >= 0.6 is 0 Å². The Hall–Kier alpha value is -3.17. The van der Waals surface area contributed by atoms with Gasteiger partial charge in [-0.3, -0.25) is 9.36 Å². The van der Waals surface area contributed by atoms with Gasteiger partial charge in [0.1, 0.15) is 11.3 Å². The summed E-state index contributed by atoms with van der Waals surface area (Å²) in [6, 6.07) is 10.3. The molecule has 2 aromatic heterocycles. The van der Waals surface area contributed by atoms with E-state index in [1.165, 1.54) is 5.69 Å². The second-order valence-electron chi connectivity index (χ2n) is 8.57. The highest BCUT2D eigenvalue weighted by Crippen LogP contribution is 2.22. The number of benzene rings is 1. The van der Waals surface area contributed by atoms with Gasteiger partial charge in [0, 0.05) is 82.4 Å². The van der Waals surface area contributed by atoms with E-state index >= 15 is 0 Å². The first kappa shape index (κ1) is 20.7. The van der Waals surface area contributed by atoms with Crippen LogP contribution in [0.5, 0.6) is 0 Å². The summed E-state index contributed by atoms with van der Waals surface area (Å²) < 4.78 is 1.62. The minimum absolute atomic E-state index is 0.0272. The summed E-state index contributed by atoms with van der Waals surface area (Å²) in [6.45, 7) is 7.67. The van der Waals surface area contributed by atoms with E-state index in [2.05, 4.69) is 54.5 Å². The Morgan fingerprint density at radius 1 is 0.938 bits per heavy atom. The van der Waals surface area contributed by atoms with E-state index in [9.17, 15) is 4.79 Å². The molecular weight excluding hydrogens is 404 g/mol. The van der Waals surface area contributed by atoms with Gasteiger partial charge >= 0.3 is 0 Å². The van der Waals surface area contributed by atoms with Crippen LogP contribution in [0, 0.1) is 0 Å². The Kier molecular flexibility index (Phi) is 5.67. The van der Waals surface area contributed by atoms with Gasteiger partial charge in [-0.1, -0.05) is 0 Å². The first-order valence-corrected chi connectivity index (χ1v) is 11.2. The zero-order chi connectivity index (χ0) is 22.1. The van der Waals surface area contributed by atoms with Crippen LogP contribution in [0.15, 0.2) is 41.3 Å². The average molecular weight is 435 g/mol. The lowest BCUT2D eigenvalue weighted by Gasteiger charge is -2.34. The first-order chi connectivity index (χ1) is 15.6. The van der Waals surface area contributed by atoms with E-state index in [0.29, 0.717) is 17.3 Å². The predicted octanol–water partition coefficient (Wildman–Crippen LogP) is 1.23. The van der Waals surface area contributed by atoms with Crippen molar-refractivity contribution in [2.45, 2.75) is 0 Å². The van der Waals surface area contributed by atoms with E-state index < -0.39 is 0 Å². The van der Waals surface area contributed by atoms with Gasteiger partial charge in [0.05, 0.1) is 0 Å². The highest BCUT2D eigenvalue weighted by atomic mass is 16.1. The lowest BCUT2D eigenvalue weighted by Crippen LogP contribution is -2.45. The molecule has 3 aromatic rings. The molecule has 5 rings (SSSR count). The molecule has 2 fully saturated rings. The third-order valence-electron chi connectivity index (χ3n) is 6.38. The lowest BCUT2D eigenvalue weighted by atomic mass is 10.2. The molecule has 168 valence electrons. The lowest BCUT2D eigenvalue weighted by molar-refractivity contribution is 0.313. The summed E-state index contributed by atoms with van der Waals surface area (Å²) in [5, 5.41) is 7.45. The number of piperazine rings is 2. The Morgan fingerprint density at radius 3 is 2.38 bits per heavy atom. The summed E-state index contributed by atoms with van der Waals surface area (Å²) >= 11 is 0. The summed E-state index contributed by atoms with van der Waals surface area (Å²) in [6.07, 6.45) is 1.79. The molecule has 2 saturated heterocycles. The molecule has 1 aromatic carbocycles. The van der Waals surface area contributed by atoms with Gasteiger partial charge in [-0.2, -0.15) is 4.98 Å². The van der Waals surface area contributed by atoms with E-state index in [1.807, 2.05) is 18.2 Å². The SMILES string of the molecule is CN1CCN(c2ccc(Nc3ncc4cc(N5CCNCC5)c(=O)n(C)c4n3)cc2)CC1. The summed E-state index contributed by atoms with van der Waals surface area (Å²) in [5.74, 6) is 0.481. The Morgan fingerprint density at radius 2 is 1.66 bits per heavy atom. The van der Waals surface area contributed by atoms with Crippen molar-refractivity contribution in [3.05, 3.63) is 46.9 Å². The molecule has 0 unspecified atom stereocenters. The van der Waals surface area contributed by atoms with E-state index in [0.717, 1.165) is 63.4 Å². The fourth-order valence-corrected chi connectivity index (χ4v) is 4.37. The third-order valence-corrected chi connectivity index (χ3v) is 6.38. The highest BCUT2D eigenvalue weighted by Gasteiger charge is 2.17. The molecule has 0 spiro atoms. The molecule has 2 aliphatic heterocycles. The number of hydrogen-bond donors (Lipinski definition) is 2. The number of anilines is 4. The zero-order valence-corrected chi connectivity index (χ0v) is 18.7. The molecule has 4 heterocycles. The highest BCUT2D eigenvalue weighted by molar-refractivity contribution is 5.79. The molecule has 9 heteroatoms. The molecule has 9 nitrogen and oxygen atoms in total. The maximum atomic E-state index is 13.0. The Labute approximate surface area is 187 Å². The standard InChI is InChI=1S/C23H30N8O/c1-28-11-13-30(14-12-28)19-5-3-18(4-6-19)26-23-25-16-17-15-20(31-9-7-24-8-10-31)22(32)29(2)21(17)27-23/h3-6,15-16,24H,7-14H2,1-2H3,(H,25,26,27). The monoisotopic (exact) mass is 434 g/mol. The molecule has 0 aliphatic carbocycles. The van der Waals surface area contributed by atoms with Crippen LogP contribution in [0.1, 0.15) is 0 Å². The Bertz CT molecular complexity index is 1150. The van der Waals surface area contributed by atoms with Crippen molar-refractivity contribution in [3.8, 4) is 0 Å². The van der Waals surface area contributed by atoms with Crippen molar-refractivity contribution in [2.75, 3.05) is 74.5 Å². The van der Waals surface area contributed by atoms with Crippen LogP contribution in [0.25, 0.3) is 11.0 Å². The van der Waals surface area contributed by atoms with Crippen LogP contribution in [-0.4, -0.2) is 78.8 Å². The van der Waals surface area contributed by atoms with Gasteiger partial charge in [0.25, 0.3) is 5.56 Å². The summed E-state index contributed by atoms with van der Waals surface area (Å²) in [5.41, 5.74) is 3.46. The molecule has 32 heavy (non-hydrogen) atoms. The maximum absolute atomic E-state index is 13.0. The van der Waals surface area contributed by atoms with Crippen molar-refractivity contribution >= 4 is 34.0 Å². The maximum Gasteiger partial charge on any atom is 0.275 e. The average Bonchev–Trinajstić information content (AvgIpc) is 2.83.